The van der Waals surface area contributed by atoms with E-state index in [0.717, 1.165) is 25.3 Å². The Labute approximate surface area is 79.2 Å². The normalized spacial score (nSPS) is 9.85. The van der Waals surface area contributed by atoms with Crippen molar-refractivity contribution in [1.29, 1.82) is 0 Å². The number of aromatic nitrogens is 2. The average molecular weight is 177 g/mol. The van der Waals surface area contributed by atoms with E-state index >= 15 is 0 Å². The van der Waals surface area contributed by atoms with E-state index in [1.807, 2.05) is 12.4 Å². The Morgan fingerprint density at radius 1 is 1.69 bits per heavy atom. The van der Waals surface area contributed by atoms with Crippen molar-refractivity contribution in [3.05, 3.63) is 18.2 Å². The lowest BCUT2D eigenvalue weighted by molar-refractivity contribution is 0.607. The average Bonchev–Trinajstić information content (AvgIpc) is 2.54. The second kappa shape index (κ2) is 5.39. The van der Waals surface area contributed by atoms with E-state index < -0.39 is 0 Å². The number of nitrogens with one attached hydrogen (secondary N) is 1. The zero-order valence-electron chi connectivity index (χ0n) is 7.95. The molecule has 0 aliphatic carbocycles. The third kappa shape index (κ3) is 2.92. The third-order valence-electron chi connectivity index (χ3n) is 1.78. The molecule has 0 spiro atoms. The van der Waals surface area contributed by atoms with E-state index in [9.17, 15) is 0 Å². The van der Waals surface area contributed by atoms with Crippen LogP contribution in [0.2, 0.25) is 0 Å². The molecule has 1 aromatic rings. The Bertz CT molecular complexity index is 283. The topological polar surface area (TPSA) is 29.9 Å². The molecule has 0 aliphatic rings. The van der Waals surface area contributed by atoms with E-state index in [1.165, 1.54) is 0 Å². The van der Waals surface area contributed by atoms with Gasteiger partial charge in [0.05, 0.1) is 13.1 Å². The van der Waals surface area contributed by atoms with Crippen molar-refractivity contribution in [3.63, 3.8) is 0 Å². The van der Waals surface area contributed by atoms with Crippen molar-refractivity contribution in [2.45, 2.75) is 26.4 Å². The van der Waals surface area contributed by atoms with Crippen molar-refractivity contribution in [3.8, 4) is 12.3 Å². The fraction of sp³-hybridized carbons (Fsp3) is 0.500. The van der Waals surface area contributed by atoms with Gasteiger partial charge in [0.25, 0.3) is 0 Å². The first kappa shape index (κ1) is 9.82. The van der Waals surface area contributed by atoms with Crippen LogP contribution in [0.5, 0.6) is 0 Å². The first-order chi connectivity index (χ1) is 6.38. The number of rotatable bonds is 5. The molecule has 0 unspecified atom stereocenters. The first-order valence-corrected chi connectivity index (χ1v) is 4.52. The molecule has 3 heteroatoms. The molecule has 13 heavy (non-hydrogen) atoms. The van der Waals surface area contributed by atoms with Crippen molar-refractivity contribution >= 4 is 0 Å². The van der Waals surface area contributed by atoms with Crippen molar-refractivity contribution in [2.24, 2.45) is 0 Å². The third-order valence-corrected chi connectivity index (χ3v) is 1.78. The van der Waals surface area contributed by atoms with Crippen LogP contribution >= 0.6 is 0 Å². The maximum Gasteiger partial charge on any atom is 0.122 e. The summed E-state index contributed by atoms with van der Waals surface area (Å²) in [5, 5.41) is 3.12. The lowest BCUT2D eigenvalue weighted by Crippen LogP contribution is -2.17. The van der Waals surface area contributed by atoms with Crippen LogP contribution < -0.4 is 5.32 Å². The van der Waals surface area contributed by atoms with Crippen LogP contribution in [-0.4, -0.2) is 16.1 Å². The highest BCUT2D eigenvalue weighted by Gasteiger charge is 1.99. The fourth-order valence-electron chi connectivity index (χ4n) is 1.20. The fourth-order valence-corrected chi connectivity index (χ4v) is 1.20. The van der Waals surface area contributed by atoms with Crippen LogP contribution in [-0.2, 0) is 13.1 Å². The highest BCUT2D eigenvalue weighted by Crippen LogP contribution is 1.98. The van der Waals surface area contributed by atoms with Crippen LogP contribution in [0.15, 0.2) is 12.4 Å². The number of hydrogen-bond donors (Lipinski definition) is 1. The van der Waals surface area contributed by atoms with Gasteiger partial charge in [-0.2, -0.15) is 0 Å². The number of hydrogen-bond acceptors (Lipinski definition) is 2. The SMILES string of the molecule is C#CCNCc1nccn1CCC. The highest BCUT2D eigenvalue weighted by molar-refractivity contribution is 4.94. The molecule has 0 aliphatic heterocycles. The highest BCUT2D eigenvalue weighted by atomic mass is 15.1. The summed E-state index contributed by atoms with van der Waals surface area (Å²) in [5.41, 5.74) is 0. The van der Waals surface area contributed by atoms with Gasteiger partial charge in [0.2, 0.25) is 0 Å². The molecule has 1 heterocycles. The molecule has 0 radical (unpaired) electrons. The molecule has 0 aromatic carbocycles. The number of terminal acetylenes is 1. The zero-order chi connectivity index (χ0) is 9.52. The van der Waals surface area contributed by atoms with Crippen LogP contribution in [0.25, 0.3) is 0 Å². The maximum absolute atomic E-state index is 5.12. The molecule has 0 saturated heterocycles. The second-order valence-electron chi connectivity index (χ2n) is 2.84. The summed E-state index contributed by atoms with van der Waals surface area (Å²) < 4.78 is 2.14. The molecule has 0 atom stereocenters. The summed E-state index contributed by atoms with van der Waals surface area (Å²) in [6.07, 6.45) is 10.1. The molecule has 1 aromatic heterocycles. The van der Waals surface area contributed by atoms with Gasteiger partial charge in [-0.05, 0) is 6.42 Å². The van der Waals surface area contributed by atoms with E-state index in [0.29, 0.717) is 6.54 Å². The summed E-state index contributed by atoms with van der Waals surface area (Å²) in [5.74, 6) is 3.59. The lowest BCUT2D eigenvalue weighted by atomic mass is 10.4. The predicted molar refractivity (Wildman–Crippen MR) is 53.1 cm³/mol. The molecule has 1 N–H and O–H groups in total. The summed E-state index contributed by atoms with van der Waals surface area (Å²) in [7, 11) is 0. The van der Waals surface area contributed by atoms with Gasteiger partial charge in [0.1, 0.15) is 5.82 Å². The lowest BCUT2D eigenvalue weighted by Gasteiger charge is -2.05. The van der Waals surface area contributed by atoms with Crippen LogP contribution in [0.1, 0.15) is 19.2 Å². The quantitative estimate of drug-likeness (QED) is 0.537. The Morgan fingerprint density at radius 3 is 3.23 bits per heavy atom. The number of aryl methyl sites for hydroxylation is 1. The van der Waals surface area contributed by atoms with Crippen LogP contribution in [0, 0.1) is 12.3 Å². The first-order valence-electron chi connectivity index (χ1n) is 4.52. The summed E-state index contributed by atoms with van der Waals surface area (Å²) >= 11 is 0. The minimum absolute atomic E-state index is 0.596. The summed E-state index contributed by atoms with van der Waals surface area (Å²) in [6.45, 7) is 4.52. The van der Waals surface area contributed by atoms with E-state index in [4.69, 9.17) is 6.42 Å². The Kier molecular flexibility index (Phi) is 4.07. The molecule has 0 saturated carbocycles. The Balaban J connectivity index is 2.46. The molecule has 3 nitrogen and oxygen atoms in total. The second-order valence-corrected chi connectivity index (χ2v) is 2.84. The molecular weight excluding hydrogens is 162 g/mol. The maximum atomic E-state index is 5.12. The molecule has 1 rings (SSSR count). The molecule has 0 fully saturated rings. The Hall–Kier alpha value is -1.27. The van der Waals surface area contributed by atoms with Crippen LogP contribution in [0.3, 0.4) is 0 Å². The van der Waals surface area contributed by atoms with Gasteiger partial charge in [-0.1, -0.05) is 12.8 Å². The van der Waals surface area contributed by atoms with Gasteiger partial charge in [0.15, 0.2) is 0 Å². The van der Waals surface area contributed by atoms with Gasteiger partial charge >= 0.3 is 0 Å². The monoisotopic (exact) mass is 177 g/mol. The number of imidazole rings is 1. The minimum Gasteiger partial charge on any atom is -0.334 e. The summed E-state index contributed by atoms with van der Waals surface area (Å²) in [4.78, 5) is 4.24. The summed E-state index contributed by atoms with van der Waals surface area (Å²) in [6, 6.07) is 0. The molecular formula is C10H15N3. The molecule has 0 bridgehead atoms. The molecule has 70 valence electrons. The Morgan fingerprint density at radius 2 is 2.54 bits per heavy atom. The number of nitrogens with zero attached hydrogens (tertiary/aromatic N) is 2. The largest absolute Gasteiger partial charge is 0.334 e. The van der Waals surface area contributed by atoms with Crippen molar-refractivity contribution in [1.82, 2.24) is 14.9 Å². The minimum atomic E-state index is 0.596. The van der Waals surface area contributed by atoms with Gasteiger partial charge in [-0.25, -0.2) is 4.98 Å². The van der Waals surface area contributed by atoms with Crippen LogP contribution in [0.4, 0.5) is 0 Å². The van der Waals surface area contributed by atoms with Gasteiger partial charge in [-0.3, -0.25) is 5.32 Å². The van der Waals surface area contributed by atoms with E-state index in [2.05, 4.69) is 27.7 Å². The molecule has 0 amide bonds. The van der Waals surface area contributed by atoms with Crippen molar-refractivity contribution < 1.29 is 0 Å². The van der Waals surface area contributed by atoms with E-state index in [1.54, 1.807) is 0 Å². The van der Waals surface area contributed by atoms with Gasteiger partial charge in [0, 0.05) is 18.9 Å². The van der Waals surface area contributed by atoms with Gasteiger partial charge in [-0.15, -0.1) is 6.42 Å². The predicted octanol–water partition coefficient (Wildman–Crippen LogP) is 1.02. The van der Waals surface area contributed by atoms with E-state index in [-0.39, 0.29) is 0 Å². The smallest absolute Gasteiger partial charge is 0.122 e. The van der Waals surface area contributed by atoms with Crippen molar-refractivity contribution in [2.75, 3.05) is 6.54 Å². The van der Waals surface area contributed by atoms with Gasteiger partial charge < -0.3 is 4.57 Å². The zero-order valence-corrected chi connectivity index (χ0v) is 7.95. The standard InChI is InChI=1S/C10H15N3/c1-3-5-11-9-10-12-6-8-13(10)7-4-2/h1,6,8,11H,4-5,7,9H2,2H3.